The topological polar surface area (TPSA) is 83.6 Å². The highest BCUT2D eigenvalue weighted by molar-refractivity contribution is 6.15. The monoisotopic (exact) mass is 208 g/mol. The van der Waals surface area contributed by atoms with Gasteiger partial charge < -0.3 is 10.8 Å². The summed E-state index contributed by atoms with van der Waals surface area (Å²) in [5, 5.41) is 8.73. The summed E-state index contributed by atoms with van der Waals surface area (Å²) in [6, 6.07) is 8.34. The maximum Gasteiger partial charge on any atom is 0.259 e. The lowest BCUT2D eigenvalue weighted by molar-refractivity contribution is -0.127. The van der Waals surface area contributed by atoms with Crippen LogP contribution in [0.3, 0.4) is 0 Å². The smallest absolute Gasteiger partial charge is 0.259 e. The molecule has 0 radical (unpaired) electrons. The van der Waals surface area contributed by atoms with E-state index in [4.69, 9.17) is 10.8 Å². The van der Waals surface area contributed by atoms with Crippen LogP contribution in [0.1, 0.15) is 0 Å². The van der Waals surface area contributed by atoms with Gasteiger partial charge in [-0.1, -0.05) is 18.2 Å². The summed E-state index contributed by atoms with van der Waals surface area (Å²) >= 11 is 0. The number of carbonyl (C=O) groups excluding carboxylic acids is 2. The number of para-hydroxylation sites is 1. The lowest BCUT2D eigenvalue weighted by atomic mass is 10.2. The molecule has 1 aromatic rings. The Bertz CT molecular complexity index is 335. The van der Waals surface area contributed by atoms with Gasteiger partial charge in [0.2, 0.25) is 5.91 Å². The fraction of sp³-hybridized carbons (Fsp3) is 0.200. The average Bonchev–Trinajstić information content (AvgIpc) is 2.30. The third kappa shape index (κ3) is 2.61. The average molecular weight is 208 g/mol. The molecule has 80 valence electrons. The van der Waals surface area contributed by atoms with Crippen molar-refractivity contribution in [2.24, 2.45) is 5.73 Å². The first kappa shape index (κ1) is 11.4. The van der Waals surface area contributed by atoms with Crippen molar-refractivity contribution < 1.29 is 14.7 Å². The summed E-state index contributed by atoms with van der Waals surface area (Å²) in [7, 11) is 0. The Kier molecular flexibility index (Phi) is 3.96. The zero-order valence-corrected chi connectivity index (χ0v) is 8.09. The molecule has 0 atom stereocenters. The van der Waals surface area contributed by atoms with E-state index in [1.54, 1.807) is 30.3 Å². The van der Waals surface area contributed by atoms with Crippen LogP contribution in [0, 0.1) is 0 Å². The number of anilines is 1. The molecule has 0 aromatic heterocycles. The summed E-state index contributed by atoms with van der Waals surface area (Å²) in [6.45, 7) is -0.999. The van der Waals surface area contributed by atoms with Gasteiger partial charge in [-0.3, -0.25) is 9.59 Å². The minimum atomic E-state index is -0.722. The van der Waals surface area contributed by atoms with E-state index in [1.165, 1.54) is 0 Å². The number of hydrogen-bond donors (Lipinski definition) is 2. The maximum absolute atomic E-state index is 11.4. The highest BCUT2D eigenvalue weighted by Gasteiger charge is 2.20. The van der Waals surface area contributed by atoms with Gasteiger partial charge in [-0.15, -0.1) is 0 Å². The molecular formula is C10H12N2O3. The quantitative estimate of drug-likeness (QED) is 0.701. The largest absolute Gasteiger partial charge is 0.387 e. The van der Waals surface area contributed by atoms with Crippen LogP contribution in [-0.2, 0) is 9.59 Å². The first-order valence-electron chi connectivity index (χ1n) is 4.42. The van der Waals surface area contributed by atoms with E-state index >= 15 is 0 Å². The summed E-state index contributed by atoms with van der Waals surface area (Å²) in [5.41, 5.74) is 5.59. The van der Waals surface area contributed by atoms with Gasteiger partial charge in [-0.2, -0.15) is 0 Å². The van der Waals surface area contributed by atoms with Gasteiger partial charge >= 0.3 is 0 Å². The van der Waals surface area contributed by atoms with Crippen molar-refractivity contribution in [3.63, 3.8) is 0 Å². The Morgan fingerprint density at radius 1 is 1.20 bits per heavy atom. The van der Waals surface area contributed by atoms with Crippen molar-refractivity contribution >= 4 is 17.5 Å². The summed E-state index contributed by atoms with van der Waals surface area (Å²) in [4.78, 5) is 23.6. The standard InChI is InChI=1S/C10H12N2O3/c11-6-9(14)12(10(15)7-13)8-4-2-1-3-5-8/h1-5,13H,6-7,11H2. The SMILES string of the molecule is NCC(=O)N(C(=O)CO)c1ccccc1. The number of rotatable bonds is 3. The Hall–Kier alpha value is -1.72. The fourth-order valence-corrected chi connectivity index (χ4v) is 1.17. The lowest BCUT2D eigenvalue weighted by Crippen LogP contribution is -2.42. The highest BCUT2D eigenvalue weighted by atomic mass is 16.3. The van der Waals surface area contributed by atoms with Crippen molar-refractivity contribution in [1.29, 1.82) is 0 Å². The molecule has 0 unspecified atom stereocenters. The molecule has 15 heavy (non-hydrogen) atoms. The van der Waals surface area contributed by atoms with Crippen LogP contribution in [-0.4, -0.2) is 30.1 Å². The van der Waals surface area contributed by atoms with Gasteiger partial charge in [0.15, 0.2) is 0 Å². The second-order valence-electron chi connectivity index (χ2n) is 2.82. The number of aliphatic hydroxyl groups is 1. The van der Waals surface area contributed by atoms with Gasteiger partial charge in [-0.05, 0) is 12.1 Å². The third-order valence-corrected chi connectivity index (χ3v) is 1.82. The summed E-state index contributed by atoms with van der Waals surface area (Å²) < 4.78 is 0. The molecule has 0 fully saturated rings. The number of nitrogens with two attached hydrogens (primary N) is 1. The first-order valence-corrected chi connectivity index (χ1v) is 4.42. The van der Waals surface area contributed by atoms with Crippen molar-refractivity contribution in [3.8, 4) is 0 Å². The van der Waals surface area contributed by atoms with E-state index in [2.05, 4.69) is 0 Å². The third-order valence-electron chi connectivity index (χ3n) is 1.82. The summed E-state index contributed by atoms with van der Waals surface area (Å²) in [5.74, 6) is -1.23. The minimum absolute atomic E-state index is 0.277. The molecule has 0 aliphatic heterocycles. The normalized spacial score (nSPS) is 9.73. The van der Waals surface area contributed by atoms with Crippen molar-refractivity contribution in [3.05, 3.63) is 30.3 Å². The molecule has 0 bridgehead atoms. The van der Waals surface area contributed by atoms with Crippen LogP contribution < -0.4 is 10.6 Å². The fourth-order valence-electron chi connectivity index (χ4n) is 1.17. The highest BCUT2D eigenvalue weighted by Crippen LogP contribution is 2.13. The molecule has 0 aliphatic carbocycles. The van der Waals surface area contributed by atoms with Crippen LogP contribution in [0.2, 0.25) is 0 Å². The zero-order valence-electron chi connectivity index (χ0n) is 8.09. The first-order chi connectivity index (χ1) is 7.20. The minimum Gasteiger partial charge on any atom is -0.387 e. The molecule has 2 amide bonds. The molecule has 0 aliphatic rings. The van der Waals surface area contributed by atoms with E-state index in [1.807, 2.05) is 0 Å². The van der Waals surface area contributed by atoms with Crippen LogP contribution in [0.15, 0.2) is 30.3 Å². The molecule has 1 aromatic carbocycles. The Balaban J connectivity index is 3.02. The van der Waals surface area contributed by atoms with E-state index < -0.39 is 18.4 Å². The van der Waals surface area contributed by atoms with E-state index in [0.29, 0.717) is 5.69 Å². The molecular weight excluding hydrogens is 196 g/mol. The van der Waals surface area contributed by atoms with Crippen molar-refractivity contribution in [2.75, 3.05) is 18.1 Å². The predicted octanol–water partition coefficient (Wildman–Crippen LogP) is -0.503. The number of nitrogens with zero attached hydrogens (tertiary/aromatic N) is 1. The molecule has 5 heteroatoms. The lowest BCUT2D eigenvalue weighted by Gasteiger charge is -2.18. The van der Waals surface area contributed by atoms with Gasteiger partial charge in [0.25, 0.3) is 5.91 Å². The molecule has 0 heterocycles. The van der Waals surface area contributed by atoms with Gasteiger partial charge in [0.05, 0.1) is 12.2 Å². The van der Waals surface area contributed by atoms with Gasteiger partial charge in [-0.25, -0.2) is 4.90 Å². The van der Waals surface area contributed by atoms with Crippen LogP contribution in [0.5, 0.6) is 0 Å². The predicted molar refractivity (Wildman–Crippen MR) is 55.1 cm³/mol. The number of benzene rings is 1. The number of aliphatic hydroxyl groups excluding tert-OH is 1. The Morgan fingerprint density at radius 2 is 1.80 bits per heavy atom. The number of hydrogen-bond acceptors (Lipinski definition) is 4. The van der Waals surface area contributed by atoms with E-state index in [0.717, 1.165) is 4.90 Å². The second-order valence-corrected chi connectivity index (χ2v) is 2.82. The van der Waals surface area contributed by atoms with E-state index in [9.17, 15) is 9.59 Å². The van der Waals surface area contributed by atoms with Crippen molar-refractivity contribution in [2.45, 2.75) is 0 Å². The molecule has 1 rings (SSSR count). The Labute approximate surface area is 87.1 Å². The molecule has 5 nitrogen and oxygen atoms in total. The van der Waals surface area contributed by atoms with Crippen molar-refractivity contribution in [1.82, 2.24) is 0 Å². The number of carbonyl (C=O) groups is 2. The summed E-state index contributed by atoms with van der Waals surface area (Å²) in [6.07, 6.45) is 0. The van der Waals surface area contributed by atoms with Crippen LogP contribution in [0.4, 0.5) is 5.69 Å². The second kappa shape index (κ2) is 5.23. The van der Waals surface area contributed by atoms with E-state index in [-0.39, 0.29) is 6.54 Å². The number of amides is 2. The van der Waals surface area contributed by atoms with Gasteiger partial charge in [0.1, 0.15) is 6.61 Å². The molecule has 0 saturated heterocycles. The van der Waals surface area contributed by atoms with Crippen LogP contribution in [0.25, 0.3) is 0 Å². The zero-order chi connectivity index (χ0) is 11.3. The molecule has 0 saturated carbocycles. The molecule has 0 spiro atoms. The van der Waals surface area contributed by atoms with Gasteiger partial charge in [0, 0.05) is 0 Å². The maximum atomic E-state index is 11.4. The molecule has 3 N–H and O–H groups in total. The number of imide groups is 1. The Morgan fingerprint density at radius 3 is 2.27 bits per heavy atom. The van der Waals surface area contributed by atoms with Crippen LogP contribution >= 0.6 is 0 Å².